The molecule has 4 heteroatoms. The van der Waals surface area contributed by atoms with Crippen molar-refractivity contribution in [1.29, 1.82) is 0 Å². The lowest BCUT2D eigenvalue weighted by Crippen LogP contribution is -1.95. The average molecular weight is 213 g/mol. The molecule has 0 radical (unpaired) electrons. The van der Waals surface area contributed by atoms with Crippen LogP contribution in [0.25, 0.3) is 0 Å². The zero-order valence-corrected chi connectivity index (χ0v) is 8.84. The van der Waals surface area contributed by atoms with Crippen molar-refractivity contribution in [3.8, 4) is 0 Å². The van der Waals surface area contributed by atoms with Crippen LogP contribution in [0.3, 0.4) is 0 Å². The molecule has 0 aliphatic rings. The SMILES string of the molecule is CC(=O)c1ccc(Nc2ccncn2)cc1. The molecule has 0 aliphatic carbocycles. The molecule has 1 aromatic heterocycles. The second-order valence-corrected chi connectivity index (χ2v) is 3.35. The molecule has 0 saturated heterocycles. The molecular weight excluding hydrogens is 202 g/mol. The Hall–Kier alpha value is -2.23. The molecule has 0 unspecified atom stereocenters. The third kappa shape index (κ3) is 2.42. The molecule has 1 heterocycles. The van der Waals surface area contributed by atoms with Crippen molar-refractivity contribution in [2.45, 2.75) is 6.92 Å². The summed E-state index contributed by atoms with van der Waals surface area (Å²) < 4.78 is 0. The van der Waals surface area contributed by atoms with Gasteiger partial charge in [0.15, 0.2) is 5.78 Å². The number of aromatic nitrogens is 2. The van der Waals surface area contributed by atoms with Gasteiger partial charge in [0.25, 0.3) is 0 Å². The van der Waals surface area contributed by atoms with Crippen molar-refractivity contribution in [3.05, 3.63) is 48.4 Å². The van der Waals surface area contributed by atoms with Gasteiger partial charge in [-0.1, -0.05) is 0 Å². The Morgan fingerprint density at radius 1 is 1.19 bits per heavy atom. The predicted molar refractivity (Wildman–Crippen MR) is 61.8 cm³/mol. The minimum Gasteiger partial charge on any atom is -0.340 e. The number of nitrogens with one attached hydrogen (secondary N) is 1. The Morgan fingerprint density at radius 2 is 1.94 bits per heavy atom. The van der Waals surface area contributed by atoms with Crippen molar-refractivity contribution in [1.82, 2.24) is 9.97 Å². The summed E-state index contributed by atoms with van der Waals surface area (Å²) in [6.45, 7) is 1.55. The fourth-order valence-electron chi connectivity index (χ4n) is 1.30. The summed E-state index contributed by atoms with van der Waals surface area (Å²) in [6.07, 6.45) is 3.14. The van der Waals surface area contributed by atoms with Gasteiger partial charge in [-0.15, -0.1) is 0 Å². The normalized spacial score (nSPS) is 9.81. The van der Waals surface area contributed by atoms with E-state index in [1.807, 2.05) is 12.1 Å². The van der Waals surface area contributed by atoms with Crippen LogP contribution >= 0.6 is 0 Å². The summed E-state index contributed by atoms with van der Waals surface area (Å²) in [5.41, 5.74) is 1.59. The second-order valence-electron chi connectivity index (χ2n) is 3.35. The maximum atomic E-state index is 11.1. The highest BCUT2D eigenvalue weighted by Gasteiger charge is 1.99. The van der Waals surface area contributed by atoms with E-state index in [9.17, 15) is 4.79 Å². The summed E-state index contributed by atoms with van der Waals surface area (Å²) in [5, 5.41) is 3.11. The molecule has 0 bridgehead atoms. The lowest BCUT2D eigenvalue weighted by molar-refractivity contribution is 0.101. The standard InChI is InChI=1S/C12H11N3O/c1-9(16)10-2-4-11(5-3-10)15-12-6-7-13-8-14-12/h2-8H,1H3,(H,13,14,15). The maximum Gasteiger partial charge on any atom is 0.159 e. The number of rotatable bonds is 3. The molecule has 0 amide bonds. The van der Waals surface area contributed by atoms with Crippen molar-refractivity contribution < 1.29 is 4.79 Å². The molecule has 4 nitrogen and oxygen atoms in total. The third-order valence-electron chi connectivity index (χ3n) is 2.15. The van der Waals surface area contributed by atoms with Crippen LogP contribution in [0.4, 0.5) is 11.5 Å². The summed E-state index contributed by atoms with van der Waals surface area (Å²) in [5.74, 6) is 0.791. The number of carbonyl (C=O) groups is 1. The molecule has 2 aromatic rings. The van der Waals surface area contributed by atoms with Gasteiger partial charge in [0.05, 0.1) is 0 Å². The van der Waals surface area contributed by atoms with E-state index in [0.29, 0.717) is 5.56 Å². The molecule has 1 aromatic carbocycles. The number of ketones is 1. The average Bonchev–Trinajstić information content (AvgIpc) is 2.31. The van der Waals surface area contributed by atoms with E-state index in [2.05, 4.69) is 15.3 Å². The van der Waals surface area contributed by atoms with Crippen LogP contribution in [0.15, 0.2) is 42.9 Å². The minimum absolute atomic E-state index is 0.0635. The highest BCUT2D eigenvalue weighted by atomic mass is 16.1. The monoisotopic (exact) mass is 213 g/mol. The van der Waals surface area contributed by atoms with Crippen LogP contribution < -0.4 is 5.32 Å². The molecule has 16 heavy (non-hydrogen) atoms. The van der Waals surface area contributed by atoms with Gasteiger partial charge in [-0.2, -0.15) is 0 Å². The molecule has 0 spiro atoms. The van der Waals surface area contributed by atoms with E-state index < -0.39 is 0 Å². The van der Waals surface area contributed by atoms with Gasteiger partial charge >= 0.3 is 0 Å². The Bertz CT molecular complexity index is 479. The third-order valence-corrected chi connectivity index (χ3v) is 2.15. The van der Waals surface area contributed by atoms with Gasteiger partial charge in [0.2, 0.25) is 0 Å². The first-order chi connectivity index (χ1) is 7.75. The quantitative estimate of drug-likeness (QED) is 0.795. The fourth-order valence-corrected chi connectivity index (χ4v) is 1.30. The predicted octanol–water partition coefficient (Wildman–Crippen LogP) is 2.42. The number of anilines is 2. The molecule has 0 fully saturated rings. The zero-order valence-electron chi connectivity index (χ0n) is 8.84. The second kappa shape index (κ2) is 4.53. The Morgan fingerprint density at radius 3 is 2.50 bits per heavy atom. The topological polar surface area (TPSA) is 54.9 Å². The summed E-state index contributed by atoms with van der Waals surface area (Å²) in [4.78, 5) is 18.9. The molecule has 1 N–H and O–H groups in total. The van der Waals surface area contributed by atoms with Crippen LogP contribution in [0.1, 0.15) is 17.3 Å². The first-order valence-electron chi connectivity index (χ1n) is 4.90. The number of Topliss-reactive ketones (excluding diaryl/α,β-unsaturated/α-hetero) is 1. The number of benzene rings is 1. The van der Waals surface area contributed by atoms with E-state index in [1.54, 1.807) is 31.3 Å². The lowest BCUT2D eigenvalue weighted by atomic mass is 10.1. The van der Waals surface area contributed by atoms with Gasteiger partial charge in [0, 0.05) is 17.4 Å². The van der Waals surface area contributed by atoms with Crippen LogP contribution in [0.2, 0.25) is 0 Å². The smallest absolute Gasteiger partial charge is 0.159 e. The van der Waals surface area contributed by atoms with Gasteiger partial charge < -0.3 is 5.32 Å². The van der Waals surface area contributed by atoms with Crippen LogP contribution in [0, 0.1) is 0 Å². The van der Waals surface area contributed by atoms with Gasteiger partial charge in [-0.05, 0) is 37.3 Å². The highest BCUT2D eigenvalue weighted by Crippen LogP contribution is 2.14. The van der Waals surface area contributed by atoms with Crippen LogP contribution in [0.5, 0.6) is 0 Å². The van der Waals surface area contributed by atoms with Gasteiger partial charge in [-0.3, -0.25) is 4.79 Å². The first kappa shape index (κ1) is 10.3. The number of nitrogens with zero attached hydrogens (tertiary/aromatic N) is 2. The molecule has 0 atom stereocenters. The Kier molecular flexibility index (Phi) is 2.91. The number of hydrogen-bond donors (Lipinski definition) is 1. The van der Waals surface area contributed by atoms with E-state index in [4.69, 9.17) is 0 Å². The highest BCUT2D eigenvalue weighted by molar-refractivity contribution is 5.94. The summed E-state index contributed by atoms with van der Waals surface area (Å²) in [7, 11) is 0. The van der Waals surface area contributed by atoms with Crippen molar-refractivity contribution >= 4 is 17.3 Å². The molecule has 0 saturated carbocycles. The van der Waals surface area contributed by atoms with Crippen LogP contribution in [-0.4, -0.2) is 15.8 Å². The largest absolute Gasteiger partial charge is 0.340 e. The minimum atomic E-state index is 0.0635. The zero-order chi connectivity index (χ0) is 11.4. The molecular formula is C12H11N3O. The Balaban J connectivity index is 2.14. The molecule has 0 aliphatic heterocycles. The van der Waals surface area contributed by atoms with E-state index in [0.717, 1.165) is 11.5 Å². The molecule has 80 valence electrons. The van der Waals surface area contributed by atoms with Crippen molar-refractivity contribution in [2.24, 2.45) is 0 Å². The summed E-state index contributed by atoms with van der Waals surface area (Å²) >= 11 is 0. The number of carbonyl (C=O) groups excluding carboxylic acids is 1. The van der Waals surface area contributed by atoms with Crippen molar-refractivity contribution in [3.63, 3.8) is 0 Å². The van der Waals surface area contributed by atoms with E-state index in [-0.39, 0.29) is 5.78 Å². The lowest BCUT2D eigenvalue weighted by Gasteiger charge is -2.04. The van der Waals surface area contributed by atoms with E-state index in [1.165, 1.54) is 6.33 Å². The van der Waals surface area contributed by atoms with Crippen molar-refractivity contribution in [2.75, 3.05) is 5.32 Å². The molecule has 2 rings (SSSR count). The van der Waals surface area contributed by atoms with Crippen LogP contribution in [-0.2, 0) is 0 Å². The first-order valence-corrected chi connectivity index (χ1v) is 4.90. The van der Waals surface area contributed by atoms with Gasteiger partial charge in [-0.25, -0.2) is 9.97 Å². The summed E-state index contributed by atoms with van der Waals surface area (Å²) in [6, 6.07) is 9.04. The number of hydrogen-bond acceptors (Lipinski definition) is 4. The Labute approximate surface area is 93.4 Å². The maximum absolute atomic E-state index is 11.1. The van der Waals surface area contributed by atoms with Gasteiger partial charge in [0.1, 0.15) is 12.1 Å². The van der Waals surface area contributed by atoms with E-state index >= 15 is 0 Å². The fraction of sp³-hybridized carbons (Fsp3) is 0.0833.